The minimum Gasteiger partial charge on any atom is -0.354 e. The zero-order valence-electron chi connectivity index (χ0n) is 19.4. The number of sulfonamides is 1. The molecule has 5 rings (SSSR count). The van der Waals surface area contributed by atoms with Crippen molar-refractivity contribution in [2.75, 3.05) is 10.6 Å². The first-order valence-electron chi connectivity index (χ1n) is 11.2. The average Bonchev–Trinajstić information content (AvgIpc) is 3.63. The molecule has 0 bridgehead atoms. The molecule has 4 N–H and O–H groups in total. The van der Waals surface area contributed by atoms with Crippen molar-refractivity contribution in [3.05, 3.63) is 71.0 Å². The molecule has 2 aromatic carbocycles. The molecule has 0 aliphatic heterocycles. The van der Waals surface area contributed by atoms with E-state index in [1.54, 1.807) is 12.1 Å². The monoisotopic (exact) mass is 566 g/mol. The van der Waals surface area contributed by atoms with Crippen molar-refractivity contribution in [1.29, 1.82) is 0 Å². The summed E-state index contributed by atoms with van der Waals surface area (Å²) in [7, 11) is -4.00. The van der Waals surface area contributed by atoms with Crippen LogP contribution in [0.4, 0.5) is 29.3 Å². The number of rotatable bonds is 7. The maximum absolute atomic E-state index is 13.7. The number of nitrogens with one attached hydrogen (secondary N) is 2. The van der Waals surface area contributed by atoms with Crippen molar-refractivity contribution in [3.63, 3.8) is 0 Å². The lowest BCUT2D eigenvalue weighted by molar-refractivity contribution is -0.151. The smallest absolute Gasteiger partial charge is 0.354 e. The summed E-state index contributed by atoms with van der Waals surface area (Å²) < 4.78 is 77.7. The van der Waals surface area contributed by atoms with Crippen molar-refractivity contribution in [3.8, 4) is 11.3 Å². The molecule has 0 amide bonds. The van der Waals surface area contributed by atoms with Crippen LogP contribution in [0.15, 0.2) is 59.5 Å². The van der Waals surface area contributed by atoms with Crippen LogP contribution in [-0.2, 0) is 16.6 Å². The quantitative estimate of drug-likeness (QED) is 0.261. The first-order chi connectivity index (χ1) is 17.8. The normalized spacial score (nSPS) is 14.9. The minimum atomic E-state index is -4.51. The van der Waals surface area contributed by atoms with Gasteiger partial charge in [0.2, 0.25) is 16.0 Å². The van der Waals surface area contributed by atoms with Crippen LogP contribution in [0.5, 0.6) is 0 Å². The van der Waals surface area contributed by atoms with Crippen molar-refractivity contribution >= 4 is 44.4 Å². The maximum atomic E-state index is 13.7. The van der Waals surface area contributed by atoms with Gasteiger partial charge in [-0.25, -0.2) is 27.9 Å². The zero-order valence-corrected chi connectivity index (χ0v) is 20.9. The van der Waals surface area contributed by atoms with Crippen molar-refractivity contribution < 1.29 is 26.0 Å². The van der Waals surface area contributed by atoms with Crippen LogP contribution in [0.1, 0.15) is 18.4 Å². The Kier molecular flexibility index (Phi) is 6.40. The van der Waals surface area contributed by atoms with E-state index in [0.717, 1.165) is 0 Å². The number of pyridine rings is 1. The van der Waals surface area contributed by atoms with Gasteiger partial charge in [-0.1, -0.05) is 17.7 Å². The number of nitrogens with zero attached hydrogens (tertiary/aromatic N) is 3. The number of nitrogens with two attached hydrogens (primary N) is 1. The van der Waals surface area contributed by atoms with E-state index in [4.69, 9.17) is 16.7 Å². The first-order valence-corrected chi connectivity index (χ1v) is 13.1. The number of alkyl halides is 3. The zero-order chi connectivity index (χ0) is 27.3. The maximum Gasteiger partial charge on any atom is 0.411 e. The van der Waals surface area contributed by atoms with Gasteiger partial charge >= 0.3 is 6.18 Å². The highest BCUT2D eigenvalue weighted by atomic mass is 35.5. The average molecular weight is 567 g/mol. The van der Waals surface area contributed by atoms with Gasteiger partial charge in [0.15, 0.2) is 5.82 Å². The molecule has 8 nitrogen and oxygen atoms in total. The molecule has 2 heterocycles. The number of anilines is 2. The largest absolute Gasteiger partial charge is 0.411 e. The molecule has 0 unspecified atom stereocenters. The molecule has 0 atom stereocenters. The van der Waals surface area contributed by atoms with Crippen LogP contribution < -0.4 is 15.8 Å². The number of halogens is 5. The SMILES string of the molecule is NS(=O)(=O)c1ccc(CNc2nc(NC3(C(F)(F)F)CC3)c3nc(-c4ccc(F)cc4)ccc3n2)cc1Cl. The molecular weight excluding hydrogens is 548 g/mol. The first kappa shape index (κ1) is 26.1. The molecule has 1 aliphatic carbocycles. The van der Waals surface area contributed by atoms with Gasteiger partial charge in [0, 0.05) is 12.1 Å². The summed E-state index contributed by atoms with van der Waals surface area (Å²) in [6, 6.07) is 12.9. The molecule has 14 heteroatoms. The van der Waals surface area contributed by atoms with Gasteiger partial charge in [-0.2, -0.15) is 18.2 Å². The Morgan fingerprint density at radius 1 is 1.00 bits per heavy atom. The lowest BCUT2D eigenvalue weighted by Gasteiger charge is -2.22. The number of benzene rings is 2. The van der Waals surface area contributed by atoms with E-state index >= 15 is 0 Å². The number of primary sulfonamides is 1. The number of hydrogen-bond donors (Lipinski definition) is 3. The molecule has 0 spiro atoms. The predicted octanol–water partition coefficient (Wildman–Crippen LogP) is 5.25. The summed E-state index contributed by atoms with van der Waals surface area (Å²) in [5.41, 5.74) is -0.190. The van der Waals surface area contributed by atoms with Crippen molar-refractivity contribution in [1.82, 2.24) is 15.0 Å². The summed E-state index contributed by atoms with van der Waals surface area (Å²) in [5.74, 6) is -0.530. The van der Waals surface area contributed by atoms with Gasteiger partial charge in [0.25, 0.3) is 0 Å². The Morgan fingerprint density at radius 3 is 2.32 bits per heavy atom. The summed E-state index contributed by atoms with van der Waals surface area (Å²) in [6.07, 6.45) is -4.73. The highest BCUT2D eigenvalue weighted by molar-refractivity contribution is 7.89. The van der Waals surface area contributed by atoms with Gasteiger partial charge in [-0.05, 0) is 66.9 Å². The Morgan fingerprint density at radius 2 is 1.71 bits per heavy atom. The van der Waals surface area contributed by atoms with E-state index in [-0.39, 0.29) is 52.1 Å². The lowest BCUT2D eigenvalue weighted by atomic mass is 10.1. The standard InChI is InChI=1S/C24H19ClF4N6O2S/c25-16-11-13(1-8-19(16)38(30,36)37)12-31-22-33-18-7-6-17(14-2-4-15(26)5-3-14)32-20(18)21(34-22)35-23(9-10-23)24(27,28)29/h1-8,11H,9-10,12H2,(H2,30,36,37)(H2,31,33,34,35). The second-order valence-corrected chi connectivity index (χ2v) is 10.8. The Balaban J connectivity index is 1.50. The van der Waals surface area contributed by atoms with E-state index in [1.165, 1.54) is 42.5 Å². The Labute approximate surface area is 219 Å². The van der Waals surface area contributed by atoms with Gasteiger partial charge < -0.3 is 10.6 Å². The van der Waals surface area contributed by atoms with E-state index in [9.17, 15) is 26.0 Å². The third-order valence-electron chi connectivity index (χ3n) is 6.09. The summed E-state index contributed by atoms with van der Waals surface area (Å²) >= 11 is 6.03. The molecule has 0 saturated heterocycles. The van der Waals surface area contributed by atoms with Crippen molar-refractivity contribution in [2.24, 2.45) is 5.14 Å². The van der Waals surface area contributed by atoms with Crippen molar-refractivity contribution in [2.45, 2.75) is 36.0 Å². The molecular formula is C24H19ClF4N6O2S. The second kappa shape index (κ2) is 9.33. The molecule has 1 fully saturated rings. The molecule has 198 valence electrons. The van der Waals surface area contributed by atoms with Gasteiger partial charge in [0.05, 0.1) is 16.2 Å². The van der Waals surface area contributed by atoms with E-state index in [2.05, 4.69) is 25.6 Å². The highest BCUT2D eigenvalue weighted by Crippen LogP contribution is 2.51. The molecule has 2 aromatic heterocycles. The van der Waals surface area contributed by atoms with E-state index in [1.807, 2.05) is 0 Å². The Hall–Kier alpha value is -3.55. The van der Waals surface area contributed by atoms with Crippen LogP contribution in [0, 0.1) is 5.82 Å². The number of aromatic nitrogens is 3. The third kappa shape index (κ3) is 5.22. The molecule has 1 aliphatic rings. The number of fused-ring (bicyclic) bond motifs is 1. The minimum absolute atomic E-state index is 0.0148. The van der Waals surface area contributed by atoms with Gasteiger partial charge in [0.1, 0.15) is 21.8 Å². The van der Waals surface area contributed by atoms with Gasteiger partial charge in [-0.3, -0.25) is 0 Å². The lowest BCUT2D eigenvalue weighted by Crippen LogP contribution is -2.39. The fourth-order valence-electron chi connectivity index (χ4n) is 3.86. The van der Waals surface area contributed by atoms with Crippen LogP contribution in [0.3, 0.4) is 0 Å². The van der Waals surface area contributed by atoms with E-state index in [0.29, 0.717) is 16.8 Å². The summed E-state index contributed by atoms with van der Waals surface area (Å²) in [5, 5.41) is 10.5. The second-order valence-electron chi connectivity index (χ2n) is 8.84. The Bertz CT molecular complexity index is 1640. The van der Waals surface area contributed by atoms with Crippen LogP contribution in [-0.4, -0.2) is 35.1 Å². The molecule has 38 heavy (non-hydrogen) atoms. The fourth-order valence-corrected chi connectivity index (χ4v) is 4.97. The topological polar surface area (TPSA) is 123 Å². The summed E-state index contributed by atoms with van der Waals surface area (Å²) in [4.78, 5) is 12.9. The van der Waals surface area contributed by atoms with Crippen LogP contribution in [0.2, 0.25) is 5.02 Å². The fraction of sp³-hybridized carbons (Fsp3) is 0.208. The predicted molar refractivity (Wildman–Crippen MR) is 135 cm³/mol. The van der Waals surface area contributed by atoms with E-state index < -0.39 is 27.6 Å². The highest BCUT2D eigenvalue weighted by Gasteiger charge is 2.64. The molecule has 1 saturated carbocycles. The van der Waals surface area contributed by atoms with Crippen LogP contribution in [0.25, 0.3) is 22.3 Å². The van der Waals surface area contributed by atoms with Crippen LogP contribution >= 0.6 is 11.6 Å². The molecule has 0 radical (unpaired) electrons. The van der Waals surface area contributed by atoms with Gasteiger partial charge in [-0.15, -0.1) is 0 Å². The molecule has 4 aromatic rings. The third-order valence-corrected chi connectivity index (χ3v) is 7.48. The summed E-state index contributed by atoms with van der Waals surface area (Å²) in [6.45, 7) is 0.0844. The number of hydrogen-bond acceptors (Lipinski definition) is 7.